The molecule has 1 N–H and O–H groups in total. The number of unbranched alkanes of at least 4 members (excludes halogenated alkanes) is 1. The van der Waals surface area contributed by atoms with Gasteiger partial charge in [-0.15, -0.1) is 0 Å². The van der Waals surface area contributed by atoms with Gasteiger partial charge in [0.1, 0.15) is 12.1 Å². The van der Waals surface area contributed by atoms with Gasteiger partial charge in [0.2, 0.25) is 0 Å². The van der Waals surface area contributed by atoms with Crippen LogP contribution in [0, 0.1) is 0 Å². The van der Waals surface area contributed by atoms with Crippen molar-refractivity contribution in [1.29, 1.82) is 0 Å². The van der Waals surface area contributed by atoms with Crippen LogP contribution in [-0.2, 0) is 27.6 Å². The zero-order chi connectivity index (χ0) is 22.3. The number of carbonyl (C=O) groups excluding carboxylic acids is 1. The van der Waals surface area contributed by atoms with Crippen LogP contribution in [0.3, 0.4) is 0 Å². The van der Waals surface area contributed by atoms with E-state index in [2.05, 4.69) is 6.92 Å². The number of hydrogen-bond acceptors (Lipinski definition) is 7. The Morgan fingerprint density at radius 3 is 2.00 bits per heavy atom. The topological polar surface area (TPSA) is 94.5 Å². The number of hydrogen-bond donors (Lipinski definition) is 1. The molecule has 0 fully saturated rings. The van der Waals surface area contributed by atoms with E-state index in [9.17, 15) is 14.7 Å². The summed E-state index contributed by atoms with van der Waals surface area (Å²) in [5.41, 5.74) is 0. The normalized spacial score (nSPS) is 14.0. The molecule has 0 rings (SSSR count). The lowest BCUT2D eigenvalue weighted by Gasteiger charge is -2.40. The van der Waals surface area contributed by atoms with Crippen LogP contribution in [0.5, 0.6) is 0 Å². The maximum atomic E-state index is 13.1. The van der Waals surface area contributed by atoms with Gasteiger partial charge >= 0.3 is 20.9 Å². The molecular weight excluding hydrogens is 394 g/mol. The average Bonchev–Trinajstić information content (AvgIpc) is 2.68. The predicted molar refractivity (Wildman–Crippen MR) is 113 cm³/mol. The van der Waals surface area contributed by atoms with Crippen LogP contribution >= 0.6 is 0 Å². The molecule has 8 nitrogen and oxygen atoms in total. The number of esters is 1. The van der Waals surface area contributed by atoms with E-state index in [1.54, 1.807) is 4.57 Å². The molecule has 0 spiro atoms. The molecule has 0 saturated heterocycles. The first-order chi connectivity index (χ1) is 13.8. The summed E-state index contributed by atoms with van der Waals surface area (Å²) in [6.07, 6.45) is 4.43. The second-order valence-electron chi connectivity index (χ2n) is 6.89. The van der Waals surface area contributed by atoms with Gasteiger partial charge in [-0.25, -0.2) is 4.57 Å². The Balaban J connectivity index is 5.87. The molecule has 0 aromatic heterocycles. The third-order valence-corrected chi connectivity index (χ3v) is 7.58. The number of rotatable bonds is 18. The molecule has 0 aromatic carbocycles. The Morgan fingerprint density at radius 1 is 0.966 bits per heavy atom. The van der Waals surface area contributed by atoms with Gasteiger partial charge < -0.3 is 23.1 Å². The van der Waals surface area contributed by atoms with E-state index in [0.717, 1.165) is 32.1 Å². The summed E-state index contributed by atoms with van der Waals surface area (Å²) in [4.78, 5) is 24.7. The molecule has 29 heavy (non-hydrogen) atoms. The van der Waals surface area contributed by atoms with Gasteiger partial charge in [-0.1, -0.05) is 40.0 Å². The Bertz CT molecular complexity index is 458. The number of carboxylic acids is 1. The molecule has 0 amide bonds. The maximum absolute atomic E-state index is 13.1. The number of carbonyl (C=O) groups is 2. The Hall–Kier alpha value is -1.00. The average molecular weight is 436 g/mol. The van der Waals surface area contributed by atoms with Crippen molar-refractivity contribution in [1.82, 2.24) is 4.57 Å². The SMILES string of the molecule is CCCCC(CCC)OC(=O)C(CC(=O)O)N(CCC)[Si](OC)(OCC)OCC. The zero-order valence-corrected chi connectivity index (χ0v) is 20.1. The summed E-state index contributed by atoms with van der Waals surface area (Å²) in [7, 11) is -1.96. The van der Waals surface area contributed by atoms with Gasteiger partial charge in [0, 0.05) is 20.3 Å². The van der Waals surface area contributed by atoms with Crippen LogP contribution in [0.25, 0.3) is 0 Å². The molecule has 0 aromatic rings. The first kappa shape index (κ1) is 28.0. The highest BCUT2D eigenvalue weighted by molar-refractivity contribution is 6.58. The van der Waals surface area contributed by atoms with E-state index in [1.165, 1.54) is 7.11 Å². The quantitative estimate of drug-likeness (QED) is 0.258. The first-order valence-corrected chi connectivity index (χ1v) is 12.5. The monoisotopic (exact) mass is 435 g/mol. The third-order valence-electron chi connectivity index (χ3n) is 4.52. The lowest BCUT2D eigenvalue weighted by molar-refractivity contribution is -0.160. The van der Waals surface area contributed by atoms with Crippen LogP contribution < -0.4 is 0 Å². The molecule has 0 heterocycles. The molecular formula is C20H41NO7Si. The van der Waals surface area contributed by atoms with Crippen LogP contribution in [0.1, 0.15) is 79.6 Å². The minimum absolute atomic E-state index is 0.218. The van der Waals surface area contributed by atoms with Gasteiger partial charge in [0.05, 0.1) is 6.42 Å². The van der Waals surface area contributed by atoms with Crippen LogP contribution in [0.2, 0.25) is 0 Å². The standard InChI is InChI=1S/C20H41NO7Si/c1-7-12-14-17(13-8-2)28-20(24)18(16-19(22)23)21(15-9-3)29(25-6,26-10-4)27-11-5/h17-18H,7-16H2,1-6H3,(H,22,23). The molecule has 2 unspecified atom stereocenters. The van der Waals surface area contributed by atoms with Crippen LogP contribution in [0.15, 0.2) is 0 Å². The lowest BCUT2D eigenvalue weighted by Crippen LogP contribution is -2.66. The minimum atomic E-state index is -3.44. The van der Waals surface area contributed by atoms with Crippen molar-refractivity contribution >= 4 is 20.9 Å². The van der Waals surface area contributed by atoms with Crippen molar-refractivity contribution in [3.63, 3.8) is 0 Å². The van der Waals surface area contributed by atoms with E-state index in [0.29, 0.717) is 26.2 Å². The zero-order valence-electron chi connectivity index (χ0n) is 19.1. The molecule has 0 saturated carbocycles. The summed E-state index contributed by atoms with van der Waals surface area (Å²) >= 11 is 0. The maximum Gasteiger partial charge on any atom is 0.600 e. The van der Waals surface area contributed by atoms with Gasteiger partial charge in [-0.05, 0) is 39.7 Å². The molecule has 9 heteroatoms. The highest BCUT2D eigenvalue weighted by Gasteiger charge is 2.53. The van der Waals surface area contributed by atoms with Gasteiger partial charge in [-0.2, -0.15) is 0 Å². The summed E-state index contributed by atoms with van der Waals surface area (Å²) in [6.45, 7) is 10.8. The number of aliphatic carboxylic acids is 1. The number of ether oxygens (including phenoxy) is 1. The second-order valence-corrected chi connectivity index (χ2v) is 9.50. The molecule has 0 radical (unpaired) electrons. The summed E-state index contributed by atoms with van der Waals surface area (Å²) in [6, 6.07) is -1.03. The van der Waals surface area contributed by atoms with Crippen molar-refractivity contribution < 1.29 is 32.7 Å². The lowest BCUT2D eigenvalue weighted by atomic mass is 10.1. The highest BCUT2D eigenvalue weighted by atomic mass is 28.4. The second kappa shape index (κ2) is 15.8. The smallest absolute Gasteiger partial charge is 0.481 e. The summed E-state index contributed by atoms with van der Waals surface area (Å²) < 4.78 is 24.9. The fourth-order valence-corrected chi connectivity index (χ4v) is 5.97. The van der Waals surface area contributed by atoms with Crippen molar-refractivity contribution in [3.05, 3.63) is 0 Å². The van der Waals surface area contributed by atoms with E-state index >= 15 is 0 Å². The number of nitrogens with zero attached hydrogens (tertiary/aromatic N) is 1. The van der Waals surface area contributed by atoms with E-state index in [-0.39, 0.29) is 6.10 Å². The Kier molecular flexibility index (Phi) is 15.2. The van der Waals surface area contributed by atoms with Gasteiger partial charge in [-0.3, -0.25) is 9.59 Å². The van der Waals surface area contributed by atoms with Crippen molar-refractivity contribution in [2.24, 2.45) is 0 Å². The fraction of sp³-hybridized carbons (Fsp3) is 0.900. The van der Waals surface area contributed by atoms with E-state index < -0.39 is 33.4 Å². The molecule has 0 bridgehead atoms. The Morgan fingerprint density at radius 2 is 1.59 bits per heavy atom. The van der Waals surface area contributed by atoms with Crippen molar-refractivity contribution in [3.8, 4) is 0 Å². The summed E-state index contributed by atoms with van der Waals surface area (Å²) in [5, 5.41) is 9.49. The highest BCUT2D eigenvalue weighted by Crippen LogP contribution is 2.23. The van der Waals surface area contributed by atoms with Crippen molar-refractivity contribution in [2.75, 3.05) is 26.9 Å². The summed E-state index contributed by atoms with van der Waals surface area (Å²) in [5.74, 6) is -1.63. The molecule has 0 aliphatic rings. The largest absolute Gasteiger partial charge is 0.600 e. The number of carboxylic acid groups (broad SMARTS) is 1. The minimum Gasteiger partial charge on any atom is -0.481 e. The van der Waals surface area contributed by atoms with E-state index in [1.807, 2.05) is 27.7 Å². The van der Waals surface area contributed by atoms with Gasteiger partial charge in [0.25, 0.3) is 0 Å². The van der Waals surface area contributed by atoms with Crippen molar-refractivity contribution in [2.45, 2.75) is 91.7 Å². The molecule has 172 valence electrons. The first-order valence-electron chi connectivity index (χ1n) is 10.9. The van der Waals surface area contributed by atoms with E-state index in [4.69, 9.17) is 18.0 Å². The van der Waals surface area contributed by atoms with Crippen LogP contribution in [-0.4, -0.2) is 69.6 Å². The predicted octanol–water partition coefficient (Wildman–Crippen LogP) is 3.60. The molecule has 0 aliphatic carbocycles. The Labute approximate surface area is 177 Å². The fourth-order valence-electron chi connectivity index (χ4n) is 3.28. The third kappa shape index (κ3) is 9.56. The molecule has 2 atom stereocenters. The molecule has 0 aliphatic heterocycles. The van der Waals surface area contributed by atoms with Crippen LogP contribution in [0.4, 0.5) is 0 Å². The van der Waals surface area contributed by atoms with Gasteiger partial charge in [0.15, 0.2) is 0 Å².